The number of halogens is 4. The van der Waals surface area contributed by atoms with Crippen molar-refractivity contribution in [3.05, 3.63) is 68.1 Å². The van der Waals surface area contributed by atoms with Crippen molar-refractivity contribution in [2.75, 3.05) is 7.05 Å². The van der Waals surface area contributed by atoms with Gasteiger partial charge in [-0.05, 0) is 52.8 Å². The van der Waals surface area contributed by atoms with Crippen molar-refractivity contribution >= 4 is 31.9 Å². The Kier molecular flexibility index (Phi) is 4.71. The molecule has 0 radical (unpaired) electrons. The number of hydrogen-bond donors (Lipinski definition) is 1. The van der Waals surface area contributed by atoms with Gasteiger partial charge in [-0.15, -0.1) is 0 Å². The molecular formula is C14H11Br2F2N. The third-order valence-electron chi connectivity index (χ3n) is 2.84. The van der Waals surface area contributed by atoms with Crippen LogP contribution in [0.1, 0.15) is 17.2 Å². The number of benzene rings is 2. The lowest BCUT2D eigenvalue weighted by atomic mass is 9.98. The number of nitrogens with one attached hydrogen (secondary N) is 1. The molecule has 2 aromatic rings. The minimum Gasteiger partial charge on any atom is -0.309 e. The van der Waals surface area contributed by atoms with Crippen molar-refractivity contribution in [2.45, 2.75) is 6.04 Å². The van der Waals surface area contributed by atoms with E-state index in [-0.39, 0.29) is 10.0 Å². The lowest BCUT2D eigenvalue weighted by Crippen LogP contribution is -2.20. The molecule has 1 unspecified atom stereocenters. The zero-order valence-electron chi connectivity index (χ0n) is 10.1. The van der Waals surface area contributed by atoms with Crippen LogP contribution < -0.4 is 5.32 Å². The molecule has 1 nitrogen and oxygen atoms in total. The molecule has 0 saturated heterocycles. The van der Waals surface area contributed by atoms with E-state index in [9.17, 15) is 8.78 Å². The molecule has 5 heteroatoms. The van der Waals surface area contributed by atoms with E-state index in [0.717, 1.165) is 10.0 Å². The van der Waals surface area contributed by atoms with Gasteiger partial charge < -0.3 is 5.32 Å². The van der Waals surface area contributed by atoms with Gasteiger partial charge in [0, 0.05) is 10.0 Å². The van der Waals surface area contributed by atoms with Gasteiger partial charge in [-0.25, -0.2) is 8.78 Å². The fourth-order valence-electron chi connectivity index (χ4n) is 1.97. The Bertz CT molecular complexity index is 602. The van der Waals surface area contributed by atoms with Gasteiger partial charge in [0.15, 0.2) is 0 Å². The predicted molar refractivity (Wildman–Crippen MR) is 79.1 cm³/mol. The fourth-order valence-corrected chi connectivity index (χ4v) is 2.73. The van der Waals surface area contributed by atoms with Crippen LogP contribution in [0.25, 0.3) is 0 Å². The second-order valence-corrected chi connectivity index (χ2v) is 5.80. The van der Waals surface area contributed by atoms with Crippen LogP contribution >= 0.6 is 31.9 Å². The van der Waals surface area contributed by atoms with Crippen LogP contribution in [-0.4, -0.2) is 7.05 Å². The van der Waals surface area contributed by atoms with Gasteiger partial charge in [-0.3, -0.25) is 0 Å². The topological polar surface area (TPSA) is 12.0 Å². The highest BCUT2D eigenvalue weighted by atomic mass is 79.9. The summed E-state index contributed by atoms with van der Waals surface area (Å²) in [5.74, 6) is -1.15. The molecule has 0 fully saturated rings. The van der Waals surface area contributed by atoms with Gasteiger partial charge in [0.05, 0.1) is 10.5 Å². The molecule has 19 heavy (non-hydrogen) atoms. The molecule has 0 aliphatic rings. The van der Waals surface area contributed by atoms with E-state index in [1.807, 2.05) is 24.3 Å². The smallest absolute Gasteiger partial charge is 0.145 e. The summed E-state index contributed by atoms with van der Waals surface area (Å²) in [7, 11) is 1.67. The first kappa shape index (κ1) is 14.6. The molecule has 2 aromatic carbocycles. The fraction of sp³-hybridized carbons (Fsp3) is 0.143. The standard InChI is InChI=1S/C14H11Br2F2N/c1-19-14(8-3-2-4-9(15)7-8)12-11(17)6-5-10(16)13(12)18/h2-7,14,19H,1H3. The van der Waals surface area contributed by atoms with Crippen LogP contribution in [0.5, 0.6) is 0 Å². The summed E-state index contributed by atoms with van der Waals surface area (Å²) < 4.78 is 29.2. The van der Waals surface area contributed by atoms with Crippen molar-refractivity contribution in [1.82, 2.24) is 5.32 Å². The quantitative estimate of drug-likeness (QED) is 0.742. The molecule has 0 aromatic heterocycles. The van der Waals surface area contributed by atoms with Crippen LogP contribution in [0.3, 0.4) is 0 Å². The average molecular weight is 391 g/mol. The monoisotopic (exact) mass is 389 g/mol. The van der Waals surface area contributed by atoms with Gasteiger partial charge in [0.1, 0.15) is 11.6 Å². The second kappa shape index (κ2) is 6.11. The van der Waals surface area contributed by atoms with Crippen molar-refractivity contribution in [3.63, 3.8) is 0 Å². The van der Waals surface area contributed by atoms with Gasteiger partial charge in [0.2, 0.25) is 0 Å². The maximum Gasteiger partial charge on any atom is 0.145 e. The Labute approximate surface area is 127 Å². The molecule has 0 spiro atoms. The van der Waals surface area contributed by atoms with E-state index < -0.39 is 17.7 Å². The molecule has 0 aliphatic heterocycles. The SMILES string of the molecule is CNC(c1cccc(Br)c1)c1c(F)ccc(Br)c1F. The van der Waals surface area contributed by atoms with Gasteiger partial charge in [-0.2, -0.15) is 0 Å². The van der Waals surface area contributed by atoms with Crippen molar-refractivity contribution < 1.29 is 8.78 Å². The predicted octanol–water partition coefficient (Wildman–Crippen LogP) is 4.80. The van der Waals surface area contributed by atoms with Gasteiger partial charge in [0.25, 0.3) is 0 Å². The first-order valence-corrected chi connectivity index (χ1v) is 7.19. The molecule has 1 atom stereocenters. The molecular weight excluding hydrogens is 380 g/mol. The van der Waals surface area contributed by atoms with Crippen LogP contribution in [0.2, 0.25) is 0 Å². The summed E-state index contributed by atoms with van der Waals surface area (Å²) in [6, 6.07) is 9.43. The molecule has 0 heterocycles. The largest absolute Gasteiger partial charge is 0.309 e. The van der Waals surface area contributed by atoms with E-state index in [2.05, 4.69) is 37.2 Å². The first-order valence-electron chi connectivity index (χ1n) is 5.60. The molecule has 0 saturated carbocycles. The highest BCUT2D eigenvalue weighted by Gasteiger charge is 2.22. The lowest BCUT2D eigenvalue weighted by molar-refractivity contribution is 0.518. The van der Waals surface area contributed by atoms with Crippen LogP contribution in [0.4, 0.5) is 8.78 Å². The Morgan fingerprint density at radius 1 is 1.11 bits per heavy atom. The zero-order chi connectivity index (χ0) is 14.0. The van der Waals surface area contributed by atoms with Crippen molar-refractivity contribution in [1.29, 1.82) is 0 Å². The molecule has 1 N–H and O–H groups in total. The highest BCUT2D eigenvalue weighted by molar-refractivity contribution is 9.10. The summed E-state index contributed by atoms with van der Waals surface area (Å²) in [4.78, 5) is 0. The minimum atomic E-state index is -0.584. The molecule has 0 bridgehead atoms. The summed E-state index contributed by atoms with van der Waals surface area (Å²) >= 11 is 6.45. The van der Waals surface area contributed by atoms with E-state index in [4.69, 9.17) is 0 Å². The highest BCUT2D eigenvalue weighted by Crippen LogP contribution is 2.31. The van der Waals surface area contributed by atoms with Crippen LogP contribution in [0, 0.1) is 11.6 Å². The molecule has 100 valence electrons. The second-order valence-electron chi connectivity index (χ2n) is 4.03. The van der Waals surface area contributed by atoms with Crippen LogP contribution in [-0.2, 0) is 0 Å². The van der Waals surface area contributed by atoms with E-state index >= 15 is 0 Å². The van der Waals surface area contributed by atoms with Crippen LogP contribution in [0.15, 0.2) is 45.3 Å². The molecule has 2 rings (SSSR count). The Balaban J connectivity index is 2.57. The zero-order valence-corrected chi connectivity index (χ0v) is 13.2. The molecule has 0 amide bonds. The van der Waals surface area contributed by atoms with E-state index in [1.54, 1.807) is 7.05 Å². The van der Waals surface area contributed by atoms with Crippen molar-refractivity contribution in [2.24, 2.45) is 0 Å². The molecule has 0 aliphatic carbocycles. The lowest BCUT2D eigenvalue weighted by Gasteiger charge is -2.19. The maximum atomic E-state index is 14.1. The normalized spacial score (nSPS) is 12.5. The average Bonchev–Trinajstić information content (AvgIpc) is 2.39. The van der Waals surface area contributed by atoms with Gasteiger partial charge >= 0.3 is 0 Å². The third kappa shape index (κ3) is 3.04. The third-order valence-corrected chi connectivity index (χ3v) is 3.94. The number of rotatable bonds is 3. The van der Waals surface area contributed by atoms with Crippen molar-refractivity contribution in [3.8, 4) is 0 Å². The van der Waals surface area contributed by atoms with E-state index in [1.165, 1.54) is 12.1 Å². The summed E-state index contributed by atoms with van der Waals surface area (Å²) in [5.41, 5.74) is 0.794. The summed E-state index contributed by atoms with van der Waals surface area (Å²) in [5, 5.41) is 2.95. The summed E-state index contributed by atoms with van der Waals surface area (Å²) in [6.45, 7) is 0. The maximum absolute atomic E-state index is 14.1. The Hall–Kier alpha value is -0.780. The Morgan fingerprint density at radius 3 is 2.47 bits per heavy atom. The number of hydrogen-bond acceptors (Lipinski definition) is 1. The summed E-state index contributed by atoms with van der Waals surface area (Å²) in [6.07, 6.45) is 0. The van der Waals surface area contributed by atoms with Gasteiger partial charge in [-0.1, -0.05) is 28.1 Å². The minimum absolute atomic E-state index is 0.00924. The van der Waals surface area contributed by atoms with E-state index in [0.29, 0.717) is 0 Å². The Morgan fingerprint density at radius 2 is 1.84 bits per heavy atom. The first-order chi connectivity index (χ1) is 9.04.